The Labute approximate surface area is 152 Å². The molecule has 14 heteroatoms. The number of hydrogen-bond donors (Lipinski definition) is 3. The quantitative estimate of drug-likeness (QED) is 0.529. The van der Waals surface area contributed by atoms with Crippen molar-refractivity contribution >= 4 is 24.8 Å². The van der Waals surface area contributed by atoms with Crippen molar-refractivity contribution in [3.8, 4) is 0 Å². The van der Waals surface area contributed by atoms with E-state index in [1.165, 1.54) is 12.7 Å². The zero-order chi connectivity index (χ0) is 19.2. The molecular weight excluding hydrogens is 385 g/mol. The van der Waals surface area contributed by atoms with Gasteiger partial charge in [0.25, 0.3) is 6.48 Å². The summed E-state index contributed by atoms with van der Waals surface area (Å²) in [6, 6.07) is 0. The highest BCUT2D eigenvalue weighted by Gasteiger charge is 2.54. The van der Waals surface area contributed by atoms with Gasteiger partial charge in [-0.25, -0.2) is 19.5 Å². The van der Waals surface area contributed by atoms with E-state index < -0.39 is 45.4 Å². The van der Waals surface area contributed by atoms with Gasteiger partial charge in [-0.3, -0.25) is 9.09 Å². The van der Waals surface area contributed by atoms with Gasteiger partial charge < -0.3 is 34.5 Å². The zero-order valence-corrected chi connectivity index (χ0v) is 15.0. The number of phosphoric acid groups is 1. The first-order valence-corrected chi connectivity index (χ1v) is 9.61. The minimum atomic E-state index is -4.67. The maximum absolute atomic E-state index is 11.0. The summed E-state index contributed by atoms with van der Waals surface area (Å²) in [5, 5.41) is 0. The van der Waals surface area contributed by atoms with Gasteiger partial charge in [-0.2, -0.15) is 0 Å². The number of phosphoric ester groups is 1. The molecule has 0 spiro atoms. The second-order valence-electron chi connectivity index (χ2n) is 5.88. The Morgan fingerprint density at radius 1 is 1.26 bits per heavy atom. The van der Waals surface area contributed by atoms with E-state index in [0.717, 1.165) is 0 Å². The highest BCUT2D eigenvalue weighted by Crippen LogP contribution is 2.43. The van der Waals surface area contributed by atoms with E-state index in [4.69, 9.17) is 34.5 Å². The van der Waals surface area contributed by atoms with E-state index in [1.807, 2.05) is 0 Å². The maximum atomic E-state index is 11.0. The molecule has 0 saturated carbocycles. The lowest BCUT2D eigenvalue weighted by Crippen LogP contribution is -2.31. The predicted molar refractivity (Wildman–Crippen MR) is 86.8 cm³/mol. The molecule has 27 heavy (non-hydrogen) atoms. The van der Waals surface area contributed by atoms with Gasteiger partial charge in [0.15, 0.2) is 17.7 Å². The molecule has 2 aliphatic rings. The molecule has 5 atom stereocenters. The first-order chi connectivity index (χ1) is 12.9. The molecule has 4 heterocycles. The van der Waals surface area contributed by atoms with Crippen LogP contribution in [0.25, 0.3) is 11.2 Å². The van der Waals surface area contributed by atoms with Crippen LogP contribution in [0, 0.1) is 0 Å². The Morgan fingerprint density at radius 3 is 2.78 bits per heavy atom. The molecule has 2 aliphatic heterocycles. The summed E-state index contributed by atoms with van der Waals surface area (Å²) in [7, 11) is -4.67. The fourth-order valence-corrected chi connectivity index (χ4v) is 3.45. The Bertz CT molecular complexity index is 874. The van der Waals surface area contributed by atoms with Crippen molar-refractivity contribution in [3.63, 3.8) is 0 Å². The number of imidazole rings is 1. The fourth-order valence-electron chi connectivity index (χ4n) is 3.11. The van der Waals surface area contributed by atoms with E-state index in [2.05, 4.69) is 19.5 Å². The van der Waals surface area contributed by atoms with Crippen LogP contribution < -0.4 is 5.73 Å². The summed E-state index contributed by atoms with van der Waals surface area (Å²) >= 11 is 0. The van der Waals surface area contributed by atoms with Crippen molar-refractivity contribution in [2.45, 2.75) is 37.9 Å². The summed E-state index contributed by atoms with van der Waals surface area (Å²) < 4.78 is 39.9. The second-order valence-corrected chi connectivity index (χ2v) is 7.12. The SMILES string of the molecule is CCOC1O[C@@H]2[C@H](O1)[C@@H](COP(=O)(O)O)O[C@H]2n1cnc2c(N)ncnc21. The molecule has 0 bridgehead atoms. The van der Waals surface area contributed by atoms with Gasteiger partial charge in [0, 0.05) is 6.61 Å². The summed E-state index contributed by atoms with van der Waals surface area (Å²) in [6.45, 7) is 0.820. The van der Waals surface area contributed by atoms with E-state index in [1.54, 1.807) is 11.5 Å². The van der Waals surface area contributed by atoms with Crippen molar-refractivity contribution in [3.05, 3.63) is 12.7 Å². The Hall–Kier alpha value is -1.70. The lowest BCUT2D eigenvalue weighted by molar-refractivity contribution is -0.265. The lowest BCUT2D eigenvalue weighted by Gasteiger charge is -2.21. The zero-order valence-electron chi connectivity index (χ0n) is 14.1. The number of rotatable bonds is 6. The van der Waals surface area contributed by atoms with Gasteiger partial charge in [0.2, 0.25) is 0 Å². The van der Waals surface area contributed by atoms with E-state index in [0.29, 0.717) is 17.8 Å². The van der Waals surface area contributed by atoms with Crippen LogP contribution in [-0.4, -0.2) is 67.3 Å². The molecule has 2 aromatic heterocycles. The summed E-state index contributed by atoms with van der Waals surface area (Å²) in [6.07, 6.45) is -0.0951. The number of fused-ring (bicyclic) bond motifs is 2. The minimum absolute atomic E-state index is 0.213. The molecule has 2 fully saturated rings. The van der Waals surface area contributed by atoms with Crippen LogP contribution in [0.5, 0.6) is 0 Å². The van der Waals surface area contributed by atoms with Crippen LogP contribution in [0.1, 0.15) is 13.2 Å². The number of nitrogen functional groups attached to an aromatic ring is 1. The molecule has 2 saturated heterocycles. The highest BCUT2D eigenvalue weighted by atomic mass is 31.2. The topological polar surface area (TPSA) is 173 Å². The molecule has 0 aliphatic carbocycles. The average molecular weight is 403 g/mol. The number of hydrogen-bond acceptors (Lipinski definition) is 10. The van der Waals surface area contributed by atoms with Gasteiger partial charge in [-0.1, -0.05) is 0 Å². The van der Waals surface area contributed by atoms with Crippen molar-refractivity contribution < 1.29 is 37.8 Å². The average Bonchev–Trinajstić information content (AvgIpc) is 3.27. The molecule has 13 nitrogen and oxygen atoms in total. The lowest BCUT2D eigenvalue weighted by atomic mass is 10.1. The number of nitrogens with two attached hydrogens (primary N) is 1. The minimum Gasteiger partial charge on any atom is -0.382 e. The van der Waals surface area contributed by atoms with Crippen molar-refractivity contribution in [2.75, 3.05) is 18.9 Å². The first-order valence-electron chi connectivity index (χ1n) is 8.08. The maximum Gasteiger partial charge on any atom is 0.469 e. The Kier molecular flexibility index (Phi) is 4.86. The van der Waals surface area contributed by atoms with Gasteiger partial charge in [0.05, 0.1) is 12.9 Å². The van der Waals surface area contributed by atoms with Gasteiger partial charge in [0.1, 0.15) is 30.2 Å². The molecule has 0 amide bonds. The van der Waals surface area contributed by atoms with Gasteiger partial charge in [-0.15, -0.1) is 0 Å². The summed E-state index contributed by atoms with van der Waals surface area (Å²) in [4.78, 5) is 30.2. The summed E-state index contributed by atoms with van der Waals surface area (Å²) in [5.41, 5.74) is 6.63. The van der Waals surface area contributed by atoms with Crippen molar-refractivity contribution in [2.24, 2.45) is 0 Å². The molecule has 0 aromatic carbocycles. The summed E-state index contributed by atoms with van der Waals surface area (Å²) in [5.74, 6) is 0.213. The van der Waals surface area contributed by atoms with Gasteiger partial charge in [-0.05, 0) is 6.92 Å². The molecule has 4 rings (SSSR count). The van der Waals surface area contributed by atoms with Gasteiger partial charge >= 0.3 is 7.82 Å². The fraction of sp³-hybridized carbons (Fsp3) is 0.615. The highest BCUT2D eigenvalue weighted by molar-refractivity contribution is 7.46. The number of anilines is 1. The Morgan fingerprint density at radius 2 is 2.04 bits per heavy atom. The number of aromatic nitrogens is 4. The molecule has 4 N–H and O–H groups in total. The first kappa shape index (κ1) is 18.7. The molecule has 148 valence electrons. The van der Waals surface area contributed by atoms with E-state index in [9.17, 15) is 4.57 Å². The number of ether oxygens (including phenoxy) is 4. The predicted octanol–water partition coefficient (Wildman–Crippen LogP) is -0.481. The third-order valence-corrected chi connectivity index (χ3v) is 4.68. The third kappa shape index (κ3) is 3.56. The van der Waals surface area contributed by atoms with Crippen molar-refractivity contribution in [1.82, 2.24) is 19.5 Å². The van der Waals surface area contributed by atoms with Crippen LogP contribution in [-0.2, 0) is 28.0 Å². The third-order valence-electron chi connectivity index (χ3n) is 4.19. The van der Waals surface area contributed by atoms with Crippen LogP contribution in [0.15, 0.2) is 12.7 Å². The molecule has 2 aromatic rings. The monoisotopic (exact) mass is 403 g/mol. The normalized spacial score (nSPS) is 30.9. The second kappa shape index (κ2) is 7.04. The smallest absolute Gasteiger partial charge is 0.382 e. The van der Waals surface area contributed by atoms with Crippen LogP contribution >= 0.6 is 7.82 Å². The largest absolute Gasteiger partial charge is 0.469 e. The molecule has 0 radical (unpaired) electrons. The standard InChI is InChI=1S/C13H18N5O8P/c1-2-22-13-25-8-6(3-23-27(19,20)21)24-12(9(8)26-13)18-5-17-7-10(14)15-4-16-11(7)18/h4-6,8-9,12-13H,2-3H2,1H3,(H2,14,15,16)(H2,19,20,21)/t6-,8-,9-,12-,13?/m1/s1. The van der Waals surface area contributed by atoms with E-state index >= 15 is 0 Å². The van der Waals surface area contributed by atoms with E-state index in [-0.39, 0.29) is 5.82 Å². The van der Waals surface area contributed by atoms with Crippen LogP contribution in [0.3, 0.4) is 0 Å². The van der Waals surface area contributed by atoms with Crippen molar-refractivity contribution in [1.29, 1.82) is 0 Å². The molecular formula is C13H18N5O8P. The molecule has 1 unspecified atom stereocenters. The van der Waals surface area contributed by atoms with Crippen LogP contribution in [0.4, 0.5) is 5.82 Å². The number of nitrogens with zero attached hydrogens (tertiary/aromatic N) is 4. The Balaban J connectivity index is 1.63. The van der Waals surface area contributed by atoms with Crippen LogP contribution in [0.2, 0.25) is 0 Å².